The summed E-state index contributed by atoms with van der Waals surface area (Å²) in [5.41, 5.74) is 0.577. The van der Waals surface area contributed by atoms with Crippen molar-refractivity contribution in [3.8, 4) is 11.5 Å². The SMILES string of the molecule is O=C(NS(=O)(=O)c1cc(Cl)c(Cl)s1)c1cc2cc(Oc3ccc(Br)cc3F)ccc2[nH]1. The second-order valence-electron chi connectivity index (χ2n) is 6.23. The van der Waals surface area contributed by atoms with E-state index in [4.69, 9.17) is 27.9 Å². The third kappa shape index (κ3) is 4.73. The maximum Gasteiger partial charge on any atom is 0.281 e. The van der Waals surface area contributed by atoms with Gasteiger partial charge in [0.15, 0.2) is 11.6 Å². The maximum atomic E-state index is 14.0. The van der Waals surface area contributed by atoms with Crippen LogP contribution in [0.4, 0.5) is 4.39 Å². The molecule has 4 aromatic rings. The van der Waals surface area contributed by atoms with Gasteiger partial charge in [0.25, 0.3) is 15.9 Å². The quantitative estimate of drug-likeness (QED) is 0.296. The summed E-state index contributed by atoms with van der Waals surface area (Å²) >= 11 is 15.5. The number of benzene rings is 2. The van der Waals surface area contributed by atoms with Gasteiger partial charge in [-0.15, -0.1) is 11.3 Å². The molecule has 0 aliphatic carbocycles. The van der Waals surface area contributed by atoms with E-state index in [1.54, 1.807) is 24.3 Å². The number of fused-ring (bicyclic) bond motifs is 1. The van der Waals surface area contributed by atoms with Crippen molar-refractivity contribution in [2.24, 2.45) is 0 Å². The number of thiophene rings is 1. The molecule has 0 fully saturated rings. The standard InChI is InChI=1S/C19H10BrCl2FN2O4S2/c20-10-1-4-16(13(23)7-10)29-11-2-3-14-9(5-11)6-15(24-14)19(26)25-31(27,28)17-8-12(21)18(22)30-17/h1-8,24H,(H,25,26). The number of aromatic amines is 1. The van der Waals surface area contributed by atoms with Crippen LogP contribution in [0, 0.1) is 5.82 Å². The van der Waals surface area contributed by atoms with Crippen LogP contribution in [0.15, 0.2) is 57.2 Å². The molecule has 2 N–H and O–H groups in total. The van der Waals surface area contributed by atoms with Crippen LogP contribution in [0.5, 0.6) is 11.5 Å². The zero-order valence-corrected chi connectivity index (χ0v) is 19.8. The number of aromatic nitrogens is 1. The second-order valence-corrected chi connectivity index (χ2v) is 11.1. The molecule has 0 saturated carbocycles. The lowest BCUT2D eigenvalue weighted by atomic mass is 10.2. The summed E-state index contributed by atoms with van der Waals surface area (Å²) in [5.74, 6) is -1.02. The average molecular weight is 564 g/mol. The fourth-order valence-electron chi connectivity index (χ4n) is 2.67. The molecular formula is C19H10BrCl2FN2O4S2. The van der Waals surface area contributed by atoms with E-state index in [1.165, 1.54) is 24.3 Å². The Morgan fingerprint density at radius 3 is 2.58 bits per heavy atom. The van der Waals surface area contributed by atoms with Gasteiger partial charge in [-0.2, -0.15) is 0 Å². The van der Waals surface area contributed by atoms with Crippen LogP contribution in [0.25, 0.3) is 10.9 Å². The molecule has 12 heteroatoms. The minimum atomic E-state index is -4.14. The highest BCUT2D eigenvalue weighted by molar-refractivity contribution is 9.10. The highest BCUT2D eigenvalue weighted by atomic mass is 79.9. The van der Waals surface area contributed by atoms with Crippen LogP contribution in [0.2, 0.25) is 9.36 Å². The predicted molar refractivity (Wildman–Crippen MR) is 121 cm³/mol. The van der Waals surface area contributed by atoms with E-state index in [0.29, 0.717) is 21.1 Å². The number of amides is 1. The van der Waals surface area contributed by atoms with Crippen molar-refractivity contribution >= 4 is 77.3 Å². The third-order valence-corrected chi connectivity index (χ3v) is 8.24. The molecule has 2 heterocycles. The lowest BCUT2D eigenvalue weighted by Gasteiger charge is -2.07. The lowest BCUT2D eigenvalue weighted by Crippen LogP contribution is -2.30. The molecular weight excluding hydrogens is 554 g/mol. The summed E-state index contributed by atoms with van der Waals surface area (Å²) in [6.45, 7) is 0. The Balaban J connectivity index is 1.56. The Morgan fingerprint density at radius 2 is 1.90 bits per heavy atom. The number of hydrogen-bond acceptors (Lipinski definition) is 5. The van der Waals surface area contributed by atoms with E-state index in [2.05, 4.69) is 20.9 Å². The van der Waals surface area contributed by atoms with Gasteiger partial charge < -0.3 is 9.72 Å². The van der Waals surface area contributed by atoms with Crippen molar-refractivity contribution < 1.29 is 22.3 Å². The van der Waals surface area contributed by atoms with Crippen LogP contribution >= 0.6 is 50.5 Å². The molecule has 0 aliphatic rings. The largest absolute Gasteiger partial charge is 0.454 e. The molecule has 0 aliphatic heterocycles. The van der Waals surface area contributed by atoms with E-state index in [-0.39, 0.29) is 25.0 Å². The van der Waals surface area contributed by atoms with E-state index >= 15 is 0 Å². The Bertz CT molecular complexity index is 1420. The van der Waals surface area contributed by atoms with E-state index in [0.717, 1.165) is 11.3 Å². The minimum Gasteiger partial charge on any atom is -0.454 e. The summed E-state index contributed by atoms with van der Waals surface area (Å²) in [5, 5.41) is 0.652. The lowest BCUT2D eigenvalue weighted by molar-refractivity contribution is 0.0977. The Labute approximate surface area is 198 Å². The summed E-state index contributed by atoms with van der Waals surface area (Å²) in [4.78, 5) is 15.3. The van der Waals surface area contributed by atoms with Gasteiger partial charge in [0.1, 0.15) is 20.0 Å². The zero-order chi connectivity index (χ0) is 22.3. The van der Waals surface area contributed by atoms with Crippen molar-refractivity contribution in [2.75, 3.05) is 0 Å². The van der Waals surface area contributed by atoms with Crippen molar-refractivity contribution in [1.82, 2.24) is 9.71 Å². The summed E-state index contributed by atoms with van der Waals surface area (Å²) in [7, 11) is -4.14. The summed E-state index contributed by atoms with van der Waals surface area (Å²) in [6, 6.07) is 11.8. The van der Waals surface area contributed by atoms with E-state index in [9.17, 15) is 17.6 Å². The molecule has 0 bridgehead atoms. The van der Waals surface area contributed by atoms with Crippen LogP contribution in [0.1, 0.15) is 10.5 Å². The first-order chi connectivity index (χ1) is 14.6. The van der Waals surface area contributed by atoms with Gasteiger partial charge in [0.2, 0.25) is 0 Å². The van der Waals surface area contributed by atoms with Gasteiger partial charge in [0, 0.05) is 15.4 Å². The fraction of sp³-hybridized carbons (Fsp3) is 0. The number of carbonyl (C=O) groups is 1. The third-order valence-electron chi connectivity index (χ3n) is 4.07. The van der Waals surface area contributed by atoms with Gasteiger partial charge >= 0.3 is 0 Å². The molecule has 1 amide bonds. The summed E-state index contributed by atoms with van der Waals surface area (Å²) in [6.07, 6.45) is 0. The molecule has 0 saturated heterocycles. The van der Waals surface area contributed by atoms with Gasteiger partial charge in [-0.25, -0.2) is 17.5 Å². The smallest absolute Gasteiger partial charge is 0.281 e. The number of H-pyrrole nitrogens is 1. The number of hydrogen-bond donors (Lipinski definition) is 2. The minimum absolute atomic E-state index is 0.0132. The Kier molecular flexibility index (Phi) is 6.01. The van der Waals surface area contributed by atoms with Crippen LogP contribution in [-0.4, -0.2) is 19.3 Å². The molecule has 2 aromatic carbocycles. The van der Waals surface area contributed by atoms with Crippen molar-refractivity contribution in [3.63, 3.8) is 0 Å². The molecule has 0 atom stereocenters. The zero-order valence-electron chi connectivity index (χ0n) is 15.1. The van der Waals surface area contributed by atoms with E-state index < -0.39 is 21.7 Å². The highest BCUT2D eigenvalue weighted by Gasteiger charge is 2.23. The number of nitrogens with one attached hydrogen (secondary N) is 2. The molecule has 2 aromatic heterocycles. The predicted octanol–water partition coefficient (Wildman–Crippen LogP) is 6.35. The normalized spacial score (nSPS) is 11.6. The molecule has 4 rings (SSSR count). The molecule has 0 spiro atoms. The molecule has 31 heavy (non-hydrogen) atoms. The number of halogens is 4. The van der Waals surface area contributed by atoms with Gasteiger partial charge in [-0.3, -0.25) is 4.79 Å². The topological polar surface area (TPSA) is 88.3 Å². The number of sulfonamides is 1. The molecule has 0 radical (unpaired) electrons. The Morgan fingerprint density at radius 1 is 1.13 bits per heavy atom. The van der Waals surface area contributed by atoms with Crippen LogP contribution in [0.3, 0.4) is 0 Å². The Hall–Kier alpha value is -2.11. The number of ether oxygens (including phenoxy) is 1. The average Bonchev–Trinajstić information content (AvgIpc) is 3.27. The van der Waals surface area contributed by atoms with Crippen molar-refractivity contribution in [3.05, 3.63) is 73.9 Å². The van der Waals surface area contributed by atoms with Gasteiger partial charge in [0.05, 0.1) is 5.02 Å². The van der Waals surface area contributed by atoms with Crippen molar-refractivity contribution in [2.45, 2.75) is 4.21 Å². The van der Waals surface area contributed by atoms with Gasteiger partial charge in [-0.05, 0) is 48.5 Å². The molecule has 6 nitrogen and oxygen atoms in total. The monoisotopic (exact) mass is 562 g/mol. The van der Waals surface area contributed by atoms with Crippen LogP contribution in [-0.2, 0) is 10.0 Å². The summed E-state index contributed by atoms with van der Waals surface area (Å²) < 4.78 is 46.8. The number of rotatable bonds is 5. The fourth-order valence-corrected chi connectivity index (χ4v) is 5.85. The van der Waals surface area contributed by atoms with Crippen LogP contribution < -0.4 is 9.46 Å². The highest BCUT2D eigenvalue weighted by Crippen LogP contribution is 2.34. The first-order valence-corrected chi connectivity index (χ1v) is 12.2. The maximum absolute atomic E-state index is 14.0. The molecule has 0 unspecified atom stereocenters. The van der Waals surface area contributed by atoms with Gasteiger partial charge in [-0.1, -0.05) is 39.1 Å². The number of carbonyl (C=O) groups excluding carboxylic acids is 1. The molecule has 160 valence electrons. The first-order valence-electron chi connectivity index (χ1n) is 8.40. The second kappa shape index (κ2) is 8.44. The van der Waals surface area contributed by atoms with E-state index in [1.807, 2.05) is 4.72 Å². The van der Waals surface area contributed by atoms with Crippen molar-refractivity contribution in [1.29, 1.82) is 0 Å². The first kappa shape index (κ1) is 22.1.